The van der Waals surface area contributed by atoms with Crippen molar-refractivity contribution in [1.29, 1.82) is 0 Å². The number of para-hydroxylation sites is 1. The molecule has 0 saturated carbocycles. The second-order valence-electron chi connectivity index (χ2n) is 4.87. The number of carbonyl (C=O) groups excluding carboxylic acids is 2. The van der Waals surface area contributed by atoms with Crippen LogP contribution in [0.25, 0.3) is 10.2 Å². The van der Waals surface area contributed by atoms with Crippen molar-refractivity contribution in [2.75, 3.05) is 20.0 Å². The Morgan fingerprint density at radius 2 is 1.88 bits per heavy atom. The zero-order valence-electron chi connectivity index (χ0n) is 13.4. The fourth-order valence-corrected chi connectivity index (χ4v) is 5.43. The quantitative estimate of drug-likeness (QED) is 0.520. The van der Waals surface area contributed by atoms with Gasteiger partial charge in [-0.05, 0) is 12.1 Å². The van der Waals surface area contributed by atoms with Gasteiger partial charge in [0.05, 0.1) is 30.0 Å². The molecule has 0 unspecified atom stereocenters. The second-order valence-corrected chi connectivity index (χ2v) is 8.17. The fraction of sp³-hybridized carbons (Fsp3) is 0.188. The van der Waals surface area contributed by atoms with Crippen LogP contribution in [0.1, 0.15) is 25.6 Å². The Bertz CT molecular complexity index is 915. The molecule has 1 aromatic carbocycles. The van der Waals surface area contributed by atoms with Crippen LogP contribution in [0.3, 0.4) is 0 Å². The lowest BCUT2D eigenvalue weighted by molar-refractivity contribution is 0.0601. The number of nitrogens with zero attached hydrogens (tertiary/aromatic N) is 1. The first kappa shape index (κ1) is 17.7. The largest absolute Gasteiger partial charge is 0.465 e. The van der Waals surface area contributed by atoms with Gasteiger partial charge in [-0.1, -0.05) is 23.9 Å². The molecular formula is C16H14N2O4S3. The minimum atomic E-state index is -0.566. The van der Waals surface area contributed by atoms with Crippen LogP contribution in [-0.4, -0.2) is 31.1 Å². The SMILES string of the molecule is COC(=O)c1sc(N)c(C(=O)OC)c1CSc1nc2ccccc2s1. The van der Waals surface area contributed by atoms with Gasteiger partial charge in [0.1, 0.15) is 9.88 Å². The van der Waals surface area contributed by atoms with E-state index in [1.54, 1.807) is 11.3 Å². The molecule has 3 rings (SSSR count). The van der Waals surface area contributed by atoms with Gasteiger partial charge in [0.15, 0.2) is 4.34 Å². The van der Waals surface area contributed by atoms with Crippen LogP contribution >= 0.6 is 34.4 Å². The molecule has 0 radical (unpaired) electrons. The number of carbonyl (C=O) groups is 2. The predicted molar refractivity (Wildman–Crippen MR) is 101 cm³/mol. The summed E-state index contributed by atoms with van der Waals surface area (Å²) in [6.45, 7) is 0. The van der Waals surface area contributed by atoms with Crippen molar-refractivity contribution >= 4 is 61.6 Å². The summed E-state index contributed by atoms with van der Waals surface area (Å²) in [5.41, 5.74) is 7.59. The lowest BCUT2D eigenvalue weighted by atomic mass is 10.1. The number of thiophene rings is 1. The molecule has 130 valence electrons. The molecular weight excluding hydrogens is 380 g/mol. The number of hydrogen-bond acceptors (Lipinski definition) is 9. The van der Waals surface area contributed by atoms with Gasteiger partial charge in [0, 0.05) is 11.3 Å². The number of thiazole rings is 1. The first-order chi connectivity index (χ1) is 12.0. The number of nitrogens with two attached hydrogens (primary N) is 1. The summed E-state index contributed by atoms with van der Waals surface area (Å²) < 4.78 is 11.5. The van der Waals surface area contributed by atoms with E-state index in [2.05, 4.69) is 4.98 Å². The highest BCUT2D eigenvalue weighted by atomic mass is 32.2. The smallest absolute Gasteiger partial charge is 0.348 e. The molecule has 6 nitrogen and oxygen atoms in total. The number of esters is 2. The summed E-state index contributed by atoms with van der Waals surface area (Å²) in [5.74, 6) is -0.724. The summed E-state index contributed by atoms with van der Waals surface area (Å²) in [7, 11) is 2.57. The molecule has 0 fully saturated rings. The third-order valence-electron chi connectivity index (χ3n) is 3.41. The van der Waals surface area contributed by atoms with E-state index in [4.69, 9.17) is 15.2 Å². The van der Waals surface area contributed by atoms with Gasteiger partial charge in [-0.3, -0.25) is 0 Å². The van der Waals surface area contributed by atoms with Gasteiger partial charge in [0.25, 0.3) is 0 Å². The minimum Gasteiger partial charge on any atom is -0.465 e. The minimum absolute atomic E-state index is 0.224. The average Bonchev–Trinajstić information content (AvgIpc) is 3.18. The average molecular weight is 394 g/mol. The van der Waals surface area contributed by atoms with Crippen molar-refractivity contribution in [3.8, 4) is 0 Å². The van der Waals surface area contributed by atoms with Crippen LogP contribution < -0.4 is 5.73 Å². The number of anilines is 1. The number of thioether (sulfide) groups is 1. The van der Waals surface area contributed by atoms with E-state index in [0.717, 1.165) is 25.9 Å². The summed E-state index contributed by atoms with van der Waals surface area (Å²) in [6.07, 6.45) is 0. The van der Waals surface area contributed by atoms with Gasteiger partial charge < -0.3 is 15.2 Å². The Hall–Kier alpha value is -2.10. The van der Waals surface area contributed by atoms with Crippen molar-refractivity contribution in [2.24, 2.45) is 0 Å². The molecule has 0 amide bonds. The van der Waals surface area contributed by atoms with Crippen molar-refractivity contribution < 1.29 is 19.1 Å². The maximum absolute atomic E-state index is 12.1. The van der Waals surface area contributed by atoms with E-state index in [1.165, 1.54) is 26.0 Å². The third kappa shape index (κ3) is 3.48. The molecule has 2 heterocycles. The van der Waals surface area contributed by atoms with Crippen LogP contribution in [0, 0.1) is 0 Å². The first-order valence-corrected chi connectivity index (χ1v) is 9.73. The van der Waals surface area contributed by atoms with Gasteiger partial charge in [-0.2, -0.15) is 0 Å². The Morgan fingerprint density at radius 3 is 2.56 bits per heavy atom. The molecule has 0 aliphatic carbocycles. The molecule has 0 spiro atoms. The molecule has 2 N–H and O–H groups in total. The maximum atomic E-state index is 12.1. The number of aromatic nitrogens is 1. The van der Waals surface area contributed by atoms with E-state index in [-0.39, 0.29) is 10.6 Å². The highest BCUT2D eigenvalue weighted by molar-refractivity contribution is 8.00. The van der Waals surface area contributed by atoms with Crippen molar-refractivity contribution in [3.63, 3.8) is 0 Å². The molecule has 0 saturated heterocycles. The fourth-order valence-electron chi connectivity index (χ4n) is 2.25. The molecule has 25 heavy (non-hydrogen) atoms. The molecule has 0 aliphatic rings. The normalized spacial score (nSPS) is 10.8. The van der Waals surface area contributed by atoms with Crippen LogP contribution in [-0.2, 0) is 15.2 Å². The summed E-state index contributed by atoms with van der Waals surface area (Å²) >= 11 is 4.02. The van der Waals surface area contributed by atoms with Crippen LogP contribution in [0.15, 0.2) is 28.6 Å². The zero-order valence-corrected chi connectivity index (χ0v) is 15.8. The summed E-state index contributed by atoms with van der Waals surface area (Å²) in [4.78, 5) is 28.9. The number of benzene rings is 1. The summed E-state index contributed by atoms with van der Waals surface area (Å²) in [5, 5.41) is 0.243. The topological polar surface area (TPSA) is 91.5 Å². The Morgan fingerprint density at radius 1 is 1.16 bits per heavy atom. The Labute approximate surface area is 156 Å². The Balaban J connectivity index is 1.94. The van der Waals surface area contributed by atoms with Crippen LogP contribution in [0.5, 0.6) is 0 Å². The molecule has 0 aliphatic heterocycles. The van der Waals surface area contributed by atoms with E-state index >= 15 is 0 Å². The van der Waals surface area contributed by atoms with Crippen LogP contribution in [0.4, 0.5) is 5.00 Å². The second kappa shape index (κ2) is 7.42. The number of nitrogen functional groups attached to an aromatic ring is 1. The third-order valence-corrected chi connectivity index (χ3v) is 6.66. The van der Waals surface area contributed by atoms with Crippen molar-refractivity contribution in [2.45, 2.75) is 10.1 Å². The van der Waals surface area contributed by atoms with Crippen molar-refractivity contribution in [3.05, 3.63) is 40.3 Å². The highest BCUT2D eigenvalue weighted by Gasteiger charge is 2.27. The number of rotatable bonds is 5. The van der Waals surface area contributed by atoms with E-state index in [0.29, 0.717) is 16.2 Å². The van der Waals surface area contributed by atoms with Gasteiger partial charge in [-0.25, -0.2) is 14.6 Å². The zero-order chi connectivity index (χ0) is 18.0. The van der Waals surface area contributed by atoms with Crippen LogP contribution in [0.2, 0.25) is 0 Å². The predicted octanol–water partition coefficient (Wildman–Crippen LogP) is 3.81. The Kier molecular flexibility index (Phi) is 5.26. The molecule has 3 aromatic rings. The monoisotopic (exact) mass is 394 g/mol. The van der Waals surface area contributed by atoms with Gasteiger partial charge >= 0.3 is 11.9 Å². The molecule has 9 heteroatoms. The first-order valence-electron chi connectivity index (χ1n) is 7.11. The molecule has 2 aromatic heterocycles. The van der Waals surface area contributed by atoms with E-state index in [9.17, 15) is 9.59 Å². The standard InChI is InChI=1S/C16H14N2O4S3/c1-21-14(19)11-8(12(15(20)22-2)25-13(11)17)7-23-16-18-9-5-3-4-6-10(9)24-16/h3-6H,7,17H2,1-2H3. The molecule has 0 bridgehead atoms. The number of fused-ring (bicyclic) bond motifs is 1. The summed E-state index contributed by atoms with van der Waals surface area (Å²) in [6, 6.07) is 7.83. The highest BCUT2D eigenvalue weighted by Crippen LogP contribution is 2.38. The lowest BCUT2D eigenvalue weighted by Crippen LogP contribution is -2.08. The van der Waals surface area contributed by atoms with Gasteiger partial charge in [0.2, 0.25) is 0 Å². The number of methoxy groups -OCH3 is 2. The lowest BCUT2D eigenvalue weighted by Gasteiger charge is -2.05. The number of hydrogen-bond donors (Lipinski definition) is 1. The van der Waals surface area contributed by atoms with E-state index in [1.807, 2.05) is 24.3 Å². The maximum Gasteiger partial charge on any atom is 0.348 e. The van der Waals surface area contributed by atoms with Crippen molar-refractivity contribution in [1.82, 2.24) is 4.98 Å². The van der Waals surface area contributed by atoms with E-state index < -0.39 is 11.9 Å². The number of ether oxygens (including phenoxy) is 2. The van der Waals surface area contributed by atoms with Gasteiger partial charge in [-0.15, -0.1) is 22.7 Å². The molecule has 0 atom stereocenters.